The normalized spacial score (nSPS) is 9.79. The summed E-state index contributed by atoms with van der Waals surface area (Å²) in [5.74, 6) is 0.870. The van der Waals surface area contributed by atoms with Crippen LogP contribution in [-0.2, 0) is 16.0 Å². The predicted molar refractivity (Wildman–Crippen MR) is 107 cm³/mol. The molecule has 0 fully saturated rings. The molecule has 2 aromatic rings. The zero-order chi connectivity index (χ0) is 20.4. The van der Waals surface area contributed by atoms with Crippen LogP contribution in [0.5, 0.6) is 17.2 Å². The number of para-hydroxylation sites is 2. The third-order valence-electron chi connectivity index (χ3n) is 3.52. The van der Waals surface area contributed by atoms with E-state index in [0.29, 0.717) is 17.2 Å². The van der Waals surface area contributed by atoms with Gasteiger partial charge in [-0.2, -0.15) is 0 Å². The molecular formula is C19H21N3O5S. The Bertz CT molecular complexity index is 827. The third-order valence-corrected chi connectivity index (χ3v) is 3.72. The van der Waals surface area contributed by atoms with Gasteiger partial charge in [0.2, 0.25) is 5.91 Å². The molecule has 0 unspecified atom stereocenters. The summed E-state index contributed by atoms with van der Waals surface area (Å²) in [6.45, 7) is -0.262. The van der Waals surface area contributed by atoms with Crippen LogP contribution >= 0.6 is 12.2 Å². The van der Waals surface area contributed by atoms with E-state index in [0.717, 1.165) is 5.56 Å². The van der Waals surface area contributed by atoms with Crippen LogP contribution in [0.3, 0.4) is 0 Å². The molecule has 2 aromatic carbocycles. The van der Waals surface area contributed by atoms with E-state index in [1.54, 1.807) is 55.6 Å². The molecule has 0 aliphatic heterocycles. The van der Waals surface area contributed by atoms with Gasteiger partial charge in [-0.3, -0.25) is 25.8 Å². The molecule has 0 aliphatic carbocycles. The average Bonchev–Trinajstić information content (AvgIpc) is 2.71. The number of thiocarbonyl (C=S) groups is 1. The molecule has 0 bridgehead atoms. The highest BCUT2D eigenvalue weighted by Crippen LogP contribution is 2.25. The van der Waals surface area contributed by atoms with Gasteiger partial charge in [-0.05, 0) is 42.0 Å². The van der Waals surface area contributed by atoms with Crippen LogP contribution in [0.4, 0.5) is 0 Å². The van der Waals surface area contributed by atoms with Crippen molar-refractivity contribution in [1.82, 2.24) is 16.2 Å². The third kappa shape index (κ3) is 6.76. The van der Waals surface area contributed by atoms with E-state index in [1.807, 2.05) is 0 Å². The van der Waals surface area contributed by atoms with Crippen LogP contribution in [-0.4, -0.2) is 37.8 Å². The number of carbonyl (C=O) groups is 2. The molecular weight excluding hydrogens is 382 g/mol. The van der Waals surface area contributed by atoms with Crippen molar-refractivity contribution < 1.29 is 23.8 Å². The van der Waals surface area contributed by atoms with E-state index in [1.165, 1.54) is 7.11 Å². The Labute approximate surface area is 168 Å². The zero-order valence-electron chi connectivity index (χ0n) is 15.5. The average molecular weight is 403 g/mol. The van der Waals surface area contributed by atoms with Crippen LogP contribution in [0.1, 0.15) is 5.56 Å². The highest BCUT2D eigenvalue weighted by molar-refractivity contribution is 7.80. The van der Waals surface area contributed by atoms with Gasteiger partial charge in [0.15, 0.2) is 23.2 Å². The van der Waals surface area contributed by atoms with Gasteiger partial charge in [-0.15, -0.1) is 0 Å². The molecule has 28 heavy (non-hydrogen) atoms. The summed E-state index contributed by atoms with van der Waals surface area (Å²) in [5, 5.41) is 2.36. The minimum Gasteiger partial charge on any atom is -0.497 e. The summed E-state index contributed by atoms with van der Waals surface area (Å²) in [4.78, 5) is 23.8. The topological polar surface area (TPSA) is 97.9 Å². The second kappa shape index (κ2) is 10.7. The molecule has 0 spiro atoms. The van der Waals surface area contributed by atoms with Crippen LogP contribution in [0, 0.1) is 0 Å². The van der Waals surface area contributed by atoms with Crippen molar-refractivity contribution in [3.8, 4) is 17.2 Å². The molecule has 0 aromatic heterocycles. The monoisotopic (exact) mass is 403 g/mol. The molecule has 2 rings (SSSR count). The Morgan fingerprint density at radius 1 is 0.893 bits per heavy atom. The number of hydrazine groups is 1. The van der Waals surface area contributed by atoms with E-state index >= 15 is 0 Å². The Balaban J connectivity index is 1.70. The maximum Gasteiger partial charge on any atom is 0.264 e. The molecule has 0 radical (unpaired) electrons. The fourth-order valence-electron chi connectivity index (χ4n) is 2.17. The number of amides is 2. The van der Waals surface area contributed by atoms with Crippen molar-refractivity contribution in [3.63, 3.8) is 0 Å². The van der Waals surface area contributed by atoms with Crippen molar-refractivity contribution in [2.45, 2.75) is 6.42 Å². The van der Waals surface area contributed by atoms with Crippen LogP contribution in [0.25, 0.3) is 0 Å². The highest BCUT2D eigenvalue weighted by Gasteiger charge is 2.09. The number of benzene rings is 2. The van der Waals surface area contributed by atoms with Crippen molar-refractivity contribution in [2.24, 2.45) is 0 Å². The minimum atomic E-state index is -0.479. The maximum absolute atomic E-state index is 11.9. The molecule has 0 heterocycles. The van der Waals surface area contributed by atoms with Gasteiger partial charge < -0.3 is 14.2 Å². The molecule has 148 valence electrons. The quantitative estimate of drug-likeness (QED) is 0.474. The molecule has 2 amide bonds. The highest BCUT2D eigenvalue weighted by atomic mass is 32.1. The summed E-state index contributed by atoms with van der Waals surface area (Å²) >= 11 is 4.97. The smallest absolute Gasteiger partial charge is 0.264 e. The molecule has 0 atom stereocenters. The summed E-state index contributed by atoms with van der Waals surface area (Å²) in [5.41, 5.74) is 5.70. The summed E-state index contributed by atoms with van der Waals surface area (Å²) in [7, 11) is 3.08. The summed E-state index contributed by atoms with van der Waals surface area (Å²) in [6, 6.07) is 14.1. The fourth-order valence-corrected chi connectivity index (χ4v) is 2.34. The molecule has 9 heteroatoms. The zero-order valence-corrected chi connectivity index (χ0v) is 16.3. The first-order valence-electron chi connectivity index (χ1n) is 8.29. The minimum absolute atomic E-state index is 0.0447. The molecule has 0 aliphatic rings. The largest absolute Gasteiger partial charge is 0.497 e. The number of nitrogens with one attached hydrogen (secondary N) is 3. The van der Waals surface area contributed by atoms with E-state index in [-0.39, 0.29) is 24.0 Å². The van der Waals surface area contributed by atoms with Crippen molar-refractivity contribution in [1.29, 1.82) is 0 Å². The first-order valence-corrected chi connectivity index (χ1v) is 8.70. The van der Waals surface area contributed by atoms with Gasteiger partial charge in [0.1, 0.15) is 5.75 Å². The van der Waals surface area contributed by atoms with Gasteiger partial charge in [0.05, 0.1) is 20.6 Å². The lowest BCUT2D eigenvalue weighted by atomic mass is 10.1. The molecule has 3 N–H and O–H groups in total. The lowest BCUT2D eigenvalue weighted by Crippen LogP contribution is -2.49. The van der Waals surface area contributed by atoms with Crippen LogP contribution in [0.2, 0.25) is 0 Å². The Morgan fingerprint density at radius 2 is 1.57 bits per heavy atom. The second-order valence-corrected chi connectivity index (χ2v) is 5.92. The Hall–Kier alpha value is -3.33. The molecule has 0 saturated heterocycles. The number of hydrogen-bond acceptors (Lipinski definition) is 6. The van der Waals surface area contributed by atoms with Gasteiger partial charge in [0, 0.05) is 0 Å². The summed E-state index contributed by atoms with van der Waals surface area (Å²) in [6.07, 6.45) is 0.143. The van der Waals surface area contributed by atoms with Gasteiger partial charge in [-0.1, -0.05) is 24.3 Å². The molecule has 0 saturated carbocycles. The standard InChI is InChI=1S/C19H21N3O5S/c1-25-14-9-7-13(8-10-14)11-17(23)21-22-19(28)20-18(24)12-27-16-6-4-3-5-15(16)26-2/h3-10H,11-12H2,1-2H3,(H,21,23)(H2,20,22,24,28). The maximum atomic E-state index is 11.9. The lowest BCUT2D eigenvalue weighted by Gasteiger charge is -2.12. The van der Waals surface area contributed by atoms with E-state index in [4.69, 9.17) is 26.4 Å². The first-order chi connectivity index (χ1) is 13.5. The number of ether oxygens (including phenoxy) is 3. The van der Waals surface area contributed by atoms with E-state index in [9.17, 15) is 9.59 Å². The second-order valence-electron chi connectivity index (χ2n) is 5.51. The van der Waals surface area contributed by atoms with E-state index < -0.39 is 5.91 Å². The van der Waals surface area contributed by atoms with Crippen molar-refractivity contribution in [3.05, 3.63) is 54.1 Å². The number of rotatable bonds is 7. The van der Waals surface area contributed by atoms with Crippen LogP contribution in [0.15, 0.2) is 48.5 Å². The van der Waals surface area contributed by atoms with E-state index in [2.05, 4.69) is 16.2 Å². The van der Waals surface area contributed by atoms with Gasteiger partial charge in [-0.25, -0.2) is 0 Å². The number of methoxy groups -OCH3 is 2. The Kier molecular flexibility index (Phi) is 8.04. The number of hydrogen-bond donors (Lipinski definition) is 3. The van der Waals surface area contributed by atoms with Gasteiger partial charge in [0.25, 0.3) is 5.91 Å². The SMILES string of the molecule is COc1ccc(CC(=O)NNC(=S)NC(=O)COc2ccccc2OC)cc1. The van der Waals surface area contributed by atoms with Gasteiger partial charge >= 0.3 is 0 Å². The predicted octanol–water partition coefficient (Wildman–Crippen LogP) is 1.35. The lowest BCUT2D eigenvalue weighted by molar-refractivity contribution is -0.122. The molecule has 8 nitrogen and oxygen atoms in total. The number of carbonyl (C=O) groups excluding carboxylic acids is 2. The Morgan fingerprint density at radius 3 is 2.21 bits per heavy atom. The fraction of sp³-hybridized carbons (Fsp3) is 0.211. The van der Waals surface area contributed by atoms with Crippen molar-refractivity contribution >= 4 is 29.1 Å². The van der Waals surface area contributed by atoms with Crippen molar-refractivity contribution in [2.75, 3.05) is 20.8 Å². The summed E-state index contributed by atoms with van der Waals surface area (Å²) < 4.78 is 15.6. The first kappa shape index (κ1) is 21.0. The van der Waals surface area contributed by atoms with Crippen LogP contribution < -0.4 is 30.4 Å².